The molecule has 36 heavy (non-hydrogen) atoms. The Morgan fingerprint density at radius 3 is 2.39 bits per heavy atom. The number of carbonyl (C=O) groups excluding carboxylic acids is 1. The lowest BCUT2D eigenvalue weighted by Gasteiger charge is -2.26. The number of anilines is 1. The van der Waals surface area contributed by atoms with Gasteiger partial charge in [0, 0.05) is 38.2 Å². The molecule has 0 unspecified atom stereocenters. The van der Waals surface area contributed by atoms with E-state index >= 15 is 0 Å². The van der Waals surface area contributed by atoms with Crippen LogP contribution in [0.15, 0.2) is 42.5 Å². The first-order chi connectivity index (χ1) is 17.2. The Labute approximate surface area is 212 Å². The first kappa shape index (κ1) is 27.4. The molecule has 1 heterocycles. The molecule has 3 rings (SSSR count). The molecule has 1 saturated heterocycles. The first-order valence-corrected chi connectivity index (χ1v) is 13.9. The average Bonchev–Trinajstić information content (AvgIpc) is 2.85. The number of nitrogens with zero attached hydrogens (tertiary/aromatic N) is 3. The van der Waals surface area contributed by atoms with E-state index in [9.17, 15) is 23.3 Å². The number of non-ortho nitro benzene ring substituents is 1. The number of benzene rings is 2. The number of nitrogens with one attached hydrogen (secondary N) is 1. The van der Waals surface area contributed by atoms with Crippen LogP contribution < -0.4 is 14.4 Å². The highest BCUT2D eigenvalue weighted by atomic mass is 32.2. The van der Waals surface area contributed by atoms with E-state index < -0.39 is 14.9 Å². The molecule has 1 aliphatic rings. The smallest absolute Gasteiger partial charge is 0.271 e. The van der Waals surface area contributed by atoms with Crippen LogP contribution in [0.4, 0.5) is 11.4 Å². The summed E-state index contributed by atoms with van der Waals surface area (Å²) in [6.07, 6.45) is 5.18. The van der Waals surface area contributed by atoms with Crippen LogP contribution >= 0.6 is 0 Å². The van der Waals surface area contributed by atoms with Crippen molar-refractivity contribution in [3.63, 3.8) is 0 Å². The molecular formula is C25H34N4O6S. The minimum absolute atomic E-state index is 0.0189. The van der Waals surface area contributed by atoms with Crippen molar-refractivity contribution in [2.45, 2.75) is 45.2 Å². The van der Waals surface area contributed by atoms with E-state index in [4.69, 9.17) is 4.74 Å². The molecule has 1 aliphatic heterocycles. The van der Waals surface area contributed by atoms with Crippen LogP contribution in [0.3, 0.4) is 0 Å². The largest absolute Gasteiger partial charge is 0.495 e. The second kappa shape index (κ2) is 12.7. The lowest BCUT2D eigenvalue weighted by atomic mass is 10.1. The normalized spacial score (nSPS) is 14.3. The third kappa shape index (κ3) is 7.92. The molecule has 2 aromatic rings. The van der Waals surface area contributed by atoms with Gasteiger partial charge in [-0.1, -0.05) is 30.7 Å². The van der Waals surface area contributed by atoms with E-state index in [2.05, 4.69) is 22.3 Å². The molecule has 0 bridgehead atoms. The Kier molecular flexibility index (Phi) is 9.65. The fraction of sp³-hybridized carbons (Fsp3) is 0.480. The van der Waals surface area contributed by atoms with Gasteiger partial charge in [0.15, 0.2) is 0 Å². The maximum atomic E-state index is 12.4. The molecule has 1 amide bonds. The van der Waals surface area contributed by atoms with Crippen molar-refractivity contribution in [2.24, 2.45) is 0 Å². The topological polar surface area (TPSA) is 122 Å². The molecule has 0 aliphatic carbocycles. The molecule has 11 heteroatoms. The number of sulfonamides is 1. The summed E-state index contributed by atoms with van der Waals surface area (Å²) in [6, 6.07) is 12.0. The molecule has 1 fully saturated rings. The summed E-state index contributed by atoms with van der Waals surface area (Å²) < 4.78 is 31.1. The van der Waals surface area contributed by atoms with Crippen molar-refractivity contribution in [1.29, 1.82) is 0 Å². The van der Waals surface area contributed by atoms with Gasteiger partial charge in [-0.25, -0.2) is 8.42 Å². The molecule has 0 saturated carbocycles. The van der Waals surface area contributed by atoms with Gasteiger partial charge >= 0.3 is 0 Å². The van der Waals surface area contributed by atoms with Crippen LogP contribution in [0.5, 0.6) is 5.75 Å². The van der Waals surface area contributed by atoms with Gasteiger partial charge in [-0.2, -0.15) is 0 Å². The molecule has 0 aromatic heterocycles. The van der Waals surface area contributed by atoms with Crippen LogP contribution in [-0.2, 0) is 27.9 Å². The van der Waals surface area contributed by atoms with E-state index in [0.29, 0.717) is 6.54 Å². The molecule has 2 aromatic carbocycles. The van der Waals surface area contributed by atoms with E-state index in [1.165, 1.54) is 44.1 Å². The minimum atomic E-state index is -3.77. The Morgan fingerprint density at radius 1 is 1.11 bits per heavy atom. The molecule has 10 nitrogen and oxygen atoms in total. The third-order valence-corrected chi connectivity index (χ3v) is 7.35. The van der Waals surface area contributed by atoms with Gasteiger partial charge in [0.1, 0.15) is 11.4 Å². The first-order valence-electron chi connectivity index (χ1n) is 12.0. The predicted molar refractivity (Wildman–Crippen MR) is 138 cm³/mol. The monoisotopic (exact) mass is 518 g/mol. The maximum Gasteiger partial charge on any atom is 0.271 e. The number of methoxy groups -OCH3 is 1. The number of carbonyl (C=O) groups is 1. The van der Waals surface area contributed by atoms with Crippen LogP contribution in [-0.4, -0.2) is 57.1 Å². The summed E-state index contributed by atoms with van der Waals surface area (Å²) in [5.41, 5.74) is 2.06. The van der Waals surface area contributed by atoms with Crippen molar-refractivity contribution in [3.8, 4) is 5.75 Å². The fourth-order valence-electron chi connectivity index (χ4n) is 4.26. The molecule has 0 spiro atoms. The SMILES string of the molecule is COc1ccc([N+](=O)[O-])cc1N(CCCC(=O)NCc1ccc(CN2CCCCC2)cc1)S(C)(=O)=O. The predicted octanol–water partition coefficient (Wildman–Crippen LogP) is 3.45. The molecule has 0 atom stereocenters. The summed E-state index contributed by atoms with van der Waals surface area (Å²) in [5.74, 6) is -0.00828. The Hall–Kier alpha value is -3.18. The lowest BCUT2D eigenvalue weighted by Crippen LogP contribution is -2.32. The number of amides is 1. The minimum Gasteiger partial charge on any atom is -0.495 e. The average molecular weight is 519 g/mol. The summed E-state index contributed by atoms with van der Waals surface area (Å²) in [6.45, 7) is 3.59. The summed E-state index contributed by atoms with van der Waals surface area (Å²) in [7, 11) is -2.41. The zero-order valence-corrected chi connectivity index (χ0v) is 21.6. The highest BCUT2D eigenvalue weighted by Crippen LogP contribution is 2.33. The number of rotatable bonds is 12. The summed E-state index contributed by atoms with van der Waals surface area (Å²) in [5, 5.41) is 14.0. The van der Waals surface area contributed by atoms with Gasteiger partial charge in [0.2, 0.25) is 15.9 Å². The lowest BCUT2D eigenvalue weighted by molar-refractivity contribution is -0.384. The van der Waals surface area contributed by atoms with Crippen molar-refractivity contribution in [3.05, 3.63) is 63.7 Å². The summed E-state index contributed by atoms with van der Waals surface area (Å²) >= 11 is 0. The molecule has 1 N–H and O–H groups in total. The van der Waals surface area contributed by atoms with E-state index in [1.807, 2.05) is 12.1 Å². The number of nitro groups is 1. The Morgan fingerprint density at radius 2 is 1.78 bits per heavy atom. The van der Waals surface area contributed by atoms with Crippen molar-refractivity contribution < 1.29 is 22.9 Å². The number of hydrogen-bond acceptors (Lipinski definition) is 7. The zero-order valence-electron chi connectivity index (χ0n) is 20.8. The number of hydrogen-bond donors (Lipinski definition) is 1. The van der Waals surface area contributed by atoms with Crippen LogP contribution in [0.1, 0.15) is 43.2 Å². The third-order valence-electron chi connectivity index (χ3n) is 6.17. The maximum absolute atomic E-state index is 12.4. The zero-order chi connectivity index (χ0) is 26.1. The fourth-order valence-corrected chi connectivity index (χ4v) is 5.22. The highest BCUT2D eigenvalue weighted by Gasteiger charge is 2.24. The highest BCUT2D eigenvalue weighted by molar-refractivity contribution is 7.92. The Balaban J connectivity index is 1.52. The van der Waals surface area contributed by atoms with Gasteiger partial charge in [-0.15, -0.1) is 0 Å². The van der Waals surface area contributed by atoms with E-state index in [-0.39, 0.29) is 42.4 Å². The van der Waals surface area contributed by atoms with Gasteiger partial charge in [-0.05, 0) is 49.5 Å². The molecule has 196 valence electrons. The van der Waals surface area contributed by atoms with Gasteiger partial charge in [0.25, 0.3) is 5.69 Å². The quantitative estimate of drug-likeness (QED) is 0.337. The number of piperidine rings is 1. The molecular weight excluding hydrogens is 484 g/mol. The van der Waals surface area contributed by atoms with Crippen LogP contribution in [0.25, 0.3) is 0 Å². The van der Waals surface area contributed by atoms with Crippen molar-refractivity contribution >= 4 is 27.3 Å². The number of likely N-dealkylation sites (tertiary alicyclic amines) is 1. The van der Waals surface area contributed by atoms with Gasteiger partial charge in [0.05, 0.1) is 18.3 Å². The second-order valence-corrected chi connectivity index (χ2v) is 10.9. The van der Waals surface area contributed by atoms with Crippen LogP contribution in [0, 0.1) is 10.1 Å². The second-order valence-electron chi connectivity index (χ2n) is 8.98. The molecule has 0 radical (unpaired) electrons. The van der Waals surface area contributed by atoms with E-state index in [1.54, 1.807) is 0 Å². The number of ether oxygens (including phenoxy) is 1. The Bertz CT molecular complexity index is 1150. The van der Waals surface area contributed by atoms with E-state index in [0.717, 1.165) is 41.8 Å². The van der Waals surface area contributed by atoms with Gasteiger partial charge in [-0.3, -0.25) is 24.1 Å². The van der Waals surface area contributed by atoms with Crippen molar-refractivity contribution in [2.75, 3.05) is 37.3 Å². The summed E-state index contributed by atoms with van der Waals surface area (Å²) in [4.78, 5) is 25.4. The van der Waals surface area contributed by atoms with Crippen molar-refractivity contribution in [1.82, 2.24) is 10.2 Å². The standard InChI is InChI=1S/C25H34N4O6S/c1-35-24-13-12-22(29(31)32)17-23(24)28(36(2,33)34)16-6-7-25(30)26-18-20-8-10-21(11-9-20)19-27-14-4-3-5-15-27/h8-13,17H,3-7,14-16,18-19H2,1-2H3,(H,26,30). The number of nitro benzene ring substituents is 1. The van der Waals surface area contributed by atoms with Crippen LogP contribution in [0.2, 0.25) is 0 Å². The van der Waals surface area contributed by atoms with Gasteiger partial charge < -0.3 is 10.1 Å².